The van der Waals surface area contributed by atoms with Crippen molar-refractivity contribution in [3.05, 3.63) is 54.1 Å². The van der Waals surface area contributed by atoms with Crippen molar-refractivity contribution in [2.24, 2.45) is 5.92 Å². The lowest BCUT2D eigenvalue weighted by molar-refractivity contribution is -0.118. The van der Waals surface area contributed by atoms with Gasteiger partial charge in [0.25, 0.3) is 0 Å². The summed E-state index contributed by atoms with van der Waals surface area (Å²) in [6.45, 7) is 4.57. The number of para-hydroxylation sites is 1. The first-order chi connectivity index (χ1) is 11.1. The number of methoxy groups -OCH3 is 1. The third kappa shape index (κ3) is 5.02. The molecule has 0 aliphatic carbocycles. The summed E-state index contributed by atoms with van der Waals surface area (Å²) >= 11 is 0. The lowest BCUT2D eigenvalue weighted by Crippen LogP contribution is -2.17. The SMILES string of the molecule is COc1ccccc1CCNc1ccc(NC(=O)C(C)C)cc1. The van der Waals surface area contributed by atoms with Gasteiger partial charge in [-0.25, -0.2) is 0 Å². The van der Waals surface area contributed by atoms with Gasteiger partial charge in [-0.1, -0.05) is 32.0 Å². The molecule has 0 saturated heterocycles. The van der Waals surface area contributed by atoms with Crippen LogP contribution in [0.1, 0.15) is 19.4 Å². The van der Waals surface area contributed by atoms with E-state index in [-0.39, 0.29) is 11.8 Å². The zero-order chi connectivity index (χ0) is 16.7. The maximum atomic E-state index is 11.6. The van der Waals surface area contributed by atoms with E-state index >= 15 is 0 Å². The second-order valence-corrected chi connectivity index (χ2v) is 5.71. The Labute approximate surface area is 137 Å². The molecular weight excluding hydrogens is 288 g/mol. The molecule has 0 spiro atoms. The van der Waals surface area contributed by atoms with Crippen LogP contribution in [-0.2, 0) is 11.2 Å². The first-order valence-corrected chi connectivity index (χ1v) is 7.87. The smallest absolute Gasteiger partial charge is 0.226 e. The number of carbonyl (C=O) groups is 1. The normalized spacial score (nSPS) is 10.4. The molecule has 0 aliphatic heterocycles. The number of rotatable bonds is 7. The molecule has 4 nitrogen and oxygen atoms in total. The molecule has 0 unspecified atom stereocenters. The second-order valence-electron chi connectivity index (χ2n) is 5.71. The van der Waals surface area contributed by atoms with E-state index in [0.717, 1.165) is 30.1 Å². The fourth-order valence-corrected chi connectivity index (χ4v) is 2.21. The average Bonchev–Trinajstić information content (AvgIpc) is 2.56. The Bertz CT molecular complexity index is 636. The summed E-state index contributed by atoms with van der Waals surface area (Å²) in [6.07, 6.45) is 0.885. The molecule has 2 N–H and O–H groups in total. The molecule has 0 aliphatic rings. The van der Waals surface area contributed by atoms with Crippen molar-refractivity contribution in [2.45, 2.75) is 20.3 Å². The standard InChI is InChI=1S/C19H24N2O2/c1-14(2)19(22)21-17-10-8-16(9-11-17)20-13-12-15-6-4-5-7-18(15)23-3/h4-11,14,20H,12-13H2,1-3H3,(H,21,22). The fraction of sp³-hybridized carbons (Fsp3) is 0.316. The Morgan fingerprint density at radius 2 is 1.70 bits per heavy atom. The Hall–Kier alpha value is -2.49. The van der Waals surface area contributed by atoms with Crippen LogP contribution >= 0.6 is 0 Å². The molecular formula is C19H24N2O2. The maximum Gasteiger partial charge on any atom is 0.226 e. The predicted molar refractivity (Wildman–Crippen MR) is 95.1 cm³/mol. The van der Waals surface area contributed by atoms with Crippen LogP contribution in [0.3, 0.4) is 0 Å². The van der Waals surface area contributed by atoms with Crippen molar-refractivity contribution in [1.29, 1.82) is 0 Å². The second kappa shape index (κ2) is 8.22. The minimum absolute atomic E-state index is 0.0198. The topological polar surface area (TPSA) is 50.4 Å². The summed E-state index contributed by atoms with van der Waals surface area (Å²) in [5, 5.41) is 6.26. The van der Waals surface area contributed by atoms with E-state index in [9.17, 15) is 4.79 Å². The number of hydrogen-bond donors (Lipinski definition) is 2. The molecule has 0 radical (unpaired) electrons. The Morgan fingerprint density at radius 1 is 1.04 bits per heavy atom. The number of benzene rings is 2. The van der Waals surface area contributed by atoms with Gasteiger partial charge in [0.05, 0.1) is 7.11 Å². The van der Waals surface area contributed by atoms with Crippen molar-refractivity contribution in [1.82, 2.24) is 0 Å². The lowest BCUT2D eigenvalue weighted by Gasteiger charge is -2.11. The minimum atomic E-state index is -0.0198. The molecule has 23 heavy (non-hydrogen) atoms. The van der Waals surface area contributed by atoms with Crippen LogP contribution in [0, 0.1) is 5.92 Å². The number of carbonyl (C=O) groups excluding carboxylic acids is 1. The van der Waals surface area contributed by atoms with Gasteiger partial charge in [0, 0.05) is 23.8 Å². The highest BCUT2D eigenvalue weighted by atomic mass is 16.5. The molecule has 2 rings (SSSR count). The Kier molecular flexibility index (Phi) is 6.03. The first kappa shape index (κ1) is 16.9. The largest absolute Gasteiger partial charge is 0.496 e. The quantitative estimate of drug-likeness (QED) is 0.814. The van der Waals surface area contributed by atoms with E-state index in [4.69, 9.17) is 4.74 Å². The third-order valence-electron chi connectivity index (χ3n) is 3.59. The summed E-state index contributed by atoms with van der Waals surface area (Å²) in [7, 11) is 1.69. The molecule has 0 bridgehead atoms. The van der Waals surface area contributed by atoms with Crippen molar-refractivity contribution in [3.8, 4) is 5.75 Å². The fourth-order valence-electron chi connectivity index (χ4n) is 2.21. The zero-order valence-corrected chi connectivity index (χ0v) is 13.9. The number of nitrogens with one attached hydrogen (secondary N) is 2. The van der Waals surface area contributed by atoms with Crippen LogP contribution in [0.4, 0.5) is 11.4 Å². The molecule has 0 saturated carbocycles. The monoisotopic (exact) mass is 312 g/mol. The lowest BCUT2D eigenvalue weighted by atomic mass is 10.1. The highest BCUT2D eigenvalue weighted by Crippen LogP contribution is 2.18. The number of hydrogen-bond acceptors (Lipinski definition) is 3. The van der Waals surface area contributed by atoms with Gasteiger partial charge in [-0.2, -0.15) is 0 Å². The van der Waals surface area contributed by atoms with Crippen molar-refractivity contribution in [3.63, 3.8) is 0 Å². The van der Waals surface area contributed by atoms with Crippen molar-refractivity contribution < 1.29 is 9.53 Å². The van der Waals surface area contributed by atoms with E-state index in [1.54, 1.807) is 7.11 Å². The van der Waals surface area contributed by atoms with Crippen molar-refractivity contribution >= 4 is 17.3 Å². The molecule has 4 heteroatoms. The predicted octanol–water partition coefficient (Wildman–Crippen LogP) is 3.94. The highest BCUT2D eigenvalue weighted by Gasteiger charge is 2.06. The summed E-state index contributed by atoms with van der Waals surface area (Å²) in [6, 6.07) is 15.8. The van der Waals surface area contributed by atoms with Crippen LogP contribution in [0.5, 0.6) is 5.75 Å². The molecule has 0 fully saturated rings. The molecule has 0 aromatic heterocycles. The van der Waals surface area contributed by atoms with Gasteiger partial charge >= 0.3 is 0 Å². The number of ether oxygens (including phenoxy) is 1. The molecule has 2 aromatic carbocycles. The van der Waals surface area contributed by atoms with Gasteiger partial charge in [0.1, 0.15) is 5.75 Å². The van der Waals surface area contributed by atoms with Crippen LogP contribution in [0.15, 0.2) is 48.5 Å². The van der Waals surface area contributed by atoms with E-state index < -0.39 is 0 Å². The molecule has 0 atom stereocenters. The van der Waals surface area contributed by atoms with Gasteiger partial charge in [0.2, 0.25) is 5.91 Å². The van der Waals surface area contributed by atoms with Gasteiger partial charge in [0.15, 0.2) is 0 Å². The third-order valence-corrected chi connectivity index (χ3v) is 3.59. The Morgan fingerprint density at radius 3 is 2.35 bits per heavy atom. The number of amides is 1. The summed E-state index contributed by atoms with van der Waals surface area (Å²) in [5.74, 6) is 0.927. The molecule has 0 heterocycles. The van der Waals surface area contributed by atoms with E-state index in [1.165, 1.54) is 5.56 Å². The minimum Gasteiger partial charge on any atom is -0.496 e. The maximum absolute atomic E-state index is 11.6. The summed E-state index contributed by atoms with van der Waals surface area (Å²) in [5.41, 5.74) is 3.03. The first-order valence-electron chi connectivity index (χ1n) is 7.87. The highest BCUT2D eigenvalue weighted by molar-refractivity contribution is 5.92. The van der Waals surface area contributed by atoms with E-state index in [1.807, 2.05) is 56.3 Å². The van der Waals surface area contributed by atoms with Gasteiger partial charge in [-0.15, -0.1) is 0 Å². The van der Waals surface area contributed by atoms with Gasteiger partial charge in [-0.05, 0) is 42.3 Å². The number of anilines is 2. The molecule has 2 aromatic rings. The summed E-state index contributed by atoms with van der Waals surface area (Å²) in [4.78, 5) is 11.6. The van der Waals surface area contributed by atoms with E-state index in [0.29, 0.717) is 0 Å². The van der Waals surface area contributed by atoms with Crippen LogP contribution in [0.25, 0.3) is 0 Å². The van der Waals surface area contributed by atoms with Gasteiger partial charge < -0.3 is 15.4 Å². The van der Waals surface area contributed by atoms with Crippen LogP contribution in [-0.4, -0.2) is 19.6 Å². The molecule has 122 valence electrons. The van der Waals surface area contributed by atoms with Crippen LogP contribution in [0.2, 0.25) is 0 Å². The van der Waals surface area contributed by atoms with Crippen LogP contribution < -0.4 is 15.4 Å². The molecule has 1 amide bonds. The van der Waals surface area contributed by atoms with Gasteiger partial charge in [-0.3, -0.25) is 4.79 Å². The van der Waals surface area contributed by atoms with E-state index in [2.05, 4.69) is 16.7 Å². The van der Waals surface area contributed by atoms with Crippen molar-refractivity contribution in [2.75, 3.05) is 24.3 Å². The summed E-state index contributed by atoms with van der Waals surface area (Å²) < 4.78 is 5.35. The average molecular weight is 312 g/mol. The Balaban J connectivity index is 1.85. The zero-order valence-electron chi connectivity index (χ0n) is 13.9.